The average molecular weight is 224 g/mol. The Hall–Kier alpha value is -0.900. The molecule has 2 N–H and O–H groups in total. The molecule has 16 heavy (non-hydrogen) atoms. The van der Waals surface area contributed by atoms with Crippen LogP contribution in [0, 0.1) is 11.8 Å². The molecule has 0 aromatic rings. The lowest BCUT2D eigenvalue weighted by molar-refractivity contribution is -0.139. The number of ketones is 1. The number of hydrogen-bond donors (Lipinski definition) is 1. The molecule has 1 spiro atoms. The van der Waals surface area contributed by atoms with Crippen molar-refractivity contribution in [3.63, 3.8) is 0 Å². The summed E-state index contributed by atoms with van der Waals surface area (Å²) < 4.78 is 0. The van der Waals surface area contributed by atoms with Gasteiger partial charge in [0.1, 0.15) is 0 Å². The van der Waals surface area contributed by atoms with E-state index in [9.17, 15) is 9.59 Å². The second-order valence-electron chi connectivity index (χ2n) is 5.56. The Kier molecular flexibility index (Phi) is 2.78. The van der Waals surface area contributed by atoms with E-state index in [1.165, 1.54) is 0 Å². The minimum atomic E-state index is -0.329. The maximum Gasteiger partial charge on any atom is 0.221 e. The average Bonchev–Trinajstić information content (AvgIpc) is 2.56. The highest BCUT2D eigenvalue weighted by Crippen LogP contribution is 2.45. The number of amides is 1. The lowest BCUT2D eigenvalue weighted by Gasteiger charge is -2.44. The van der Waals surface area contributed by atoms with Crippen molar-refractivity contribution in [2.45, 2.75) is 38.6 Å². The summed E-state index contributed by atoms with van der Waals surface area (Å²) >= 11 is 0. The van der Waals surface area contributed by atoms with E-state index in [0.29, 0.717) is 31.1 Å². The smallest absolute Gasteiger partial charge is 0.221 e. The van der Waals surface area contributed by atoms with Gasteiger partial charge in [-0.05, 0) is 18.8 Å². The molecular formula is C12H20N2O2. The van der Waals surface area contributed by atoms with E-state index < -0.39 is 0 Å². The Morgan fingerprint density at radius 3 is 2.69 bits per heavy atom. The molecule has 1 amide bonds. The molecule has 0 aromatic heterocycles. The number of carbonyl (C=O) groups is 2. The minimum absolute atomic E-state index is 0.136. The van der Waals surface area contributed by atoms with Crippen LogP contribution in [0.1, 0.15) is 33.1 Å². The molecule has 4 nitrogen and oxygen atoms in total. The highest BCUT2D eigenvalue weighted by Gasteiger charge is 2.56. The lowest BCUT2D eigenvalue weighted by atomic mass is 9.72. The minimum Gasteiger partial charge on any atom is -0.369 e. The maximum absolute atomic E-state index is 11.8. The van der Waals surface area contributed by atoms with Crippen molar-refractivity contribution in [2.75, 3.05) is 13.1 Å². The highest BCUT2D eigenvalue weighted by atomic mass is 16.1. The number of likely N-dealkylation sites (tertiary alicyclic amines) is 1. The number of carbonyl (C=O) groups excluding carboxylic acids is 2. The first-order valence-electron chi connectivity index (χ1n) is 6.03. The molecule has 1 saturated carbocycles. The van der Waals surface area contributed by atoms with Crippen LogP contribution in [0.25, 0.3) is 0 Å². The predicted octanol–water partition coefficient (Wildman–Crippen LogP) is 0.551. The van der Waals surface area contributed by atoms with Crippen molar-refractivity contribution in [1.82, 2.24) is 4.90 Å². The number of nitrogens with zero attached hydrogens (tertiary/aromatic N) is 1. The summed E-state index contributed by atoms with van der Waals surface area (Å²) in [6.45, 7) is 5.82. The zero-order valence-corrected chi connectivity index (χ0v) is 10.0. The van der Waals surface area contributed by atoms with Gasteiger partial charge in [0.25, 0.3) is 0 Å². The number of Topliss-reactive ketones (excluding diaryl/α,β-unsaturated/α-hetero) is 1. The van der Waals surface area contributed by atoms with Crippen LogP contribution < -0.4 is 5.73 Å². The molecular weight excluding hydrogens is 204 g/mol. The normalized spacial score (nSPS) is 34.7. The van der Waals surface area contributed by atoms with E-state index in [-0.39, 0.29) is 17.4 Å². The Balaban J connectivity index is 2.15. The first kappa shape index (κ1) is 11.6. The standard InChI is InChI=1S/C12H20N2O2/c1-8(2)6-14-7-9(11(13)16)5-12(14)4-3-10(12)15/h8-9H,3-7H2,1-2H3,(H2,13,16)/t9-,12?/m0/s1. The third-order valence-electron chi connectivity index (χ3n) is 3.90. The molecule has 1 aliphatic carbocycles. The van der Waals surface area contributed by atoms with Crippen LogP contribution in [0.3, 0.4) is 0 Å². The molecule has 90 valence electrons. The van der Waals surface area contributed by atoms with Gasteiger partial charge in [-0.25, -0.2) is 0 Å². The van der Waals surface area contributed by atoms with Gasteiger partial charge in [-0.3, -0.25) is 14.5 Å². The highest BCUT2D eigenvalue weighted by molar-refractivity contribution is 5.95. The summed E-state index contributed by atoms with van der Waals surface area (Å²) in [6, 6.07) is 0. The van der Waals surface area contributed by atoms with Crippen molar-refractivity contribution < 1.29 is 9.59 Å². The number of primary amides is 1. The van der Waals surface area contributed by atoms with Gasteiger partial charge >= 0.3 is 0 Å². The summed E-state index contributed by atoms with van der Waals surface area (Å²) in [5.74, 6) is 0.419. The molecule has 2 rings (SSSR count). The fraction of sp³-hybridized carbons (Fsp3) is 0.833. The fourth-order valence-electron chi connectivity index (χ4n) is 2.99. The topological polar surface area (TPSA) is 63.4 Å². The van der Waals surface area contributed by atoms with Gasteiger partial charge < -0.3 is 5.73 Å². The predicted molar refractivity (Wildman–Crippen MR) is 60.7 cm³/mol. The zero-order valence-electron chi connectivity index (χ0n) is 10.0. The van der Waals surface area contributed by atoms with Gasteiger partial charge in [0.05, 0.1) is 11.5 Å². The Morgan fingerprint density at radius 2 is 2.31 bits per heavy atom. The molecule has 2 atom stereocenters. The molecule has 2 aliphatic rings. The van der Waals surface area contributed by atoms with Gasteiger partial charge in [-0.1, -0.05) is 13.8 Å². The van der Waals surface area contributed by atoms with Crippen LogP contribution in [0.5, 0.6) is 0 Å². The van der Waals surface area contributed by atoms with Gasteiger partial charge in [0, 0.05) is 19.5 Å². The SMILES string of the molecule is CC(C)CN1C[C@@H](C(N)=O)CC12CCC2=O. The third-order valence-corrected chi connectivity index (χ3v) is 3.90. The van der Waals surface area contributed by atoms with Crippen molar-refractivity contribution in [3.05, 3.63) is 0 Å². The van der Waals surface area contributed by atoms with Gasteiger partial charge in [0.2, 0.25) is 5.91 Å². The molecule has 1 saturated heterocycles. The van der Waals surface area contributed by atoms with Crippen LogP contribution >= 0.6 is 0 Å². The second-order valence-corrected chi connectivity index (χ2v) is 5.56. The Morgan fingerprint density at radius 1 is 1.62 bits per heavy atom. The van der Waals surface area contributed by atoms with E-state index in [1.807, 2.05) is 0 Å². The summed E-state index contributed by atoms with van der Waals surface area (Å²) in [5.41, 5.74) is 5.03. The van der Waals surface area contributed by atoms with E-state index in [0.717, 1.165) is 13.0 Å². The number of nitrogens with two attached hydrogens (primary N) is 1. The Labute approximate surface area is 96.2 Å². The molecule has 0 aromatic carbocycles. The molecule has 1 aliphatic heterocycles. The quantitative estimate of drug-likeness (QED) is 0.761. The molecule has 4 heteroatoms. The third kappa shape index (κ3) is 1.65. The van der Waals surface area contributed by atoms with E-state index in [2.05, 4.69) is 18.7 Å². The van der Waals surface area contributed by atoms with Crippen LogP contribution in [-0.2, 0) is 9.59 Å². The van der Waals surface area contributed by atoms with Crippen molar-refractivity contribution in [2.24, 2.45) is 17.6 Å². The van der Waals surface area contributed by atoms with E-state index in [4.69, 9.17) is 5.73 Å². The summed E-state index contributed by atoms with van der Waals surface area (Å²) in [7, 11) is 0. The molecule has 1 heterocycles. The van der Waals surface area contributed by atoms with Gasteiger partial charge in [-0.2, -0.15) is 0 Å². The maximum atomic E-state index is 11.8. The van der Waals surface area contributed by atoms with Gasteiger partial charge in [-0.15, -0.1) is 0 Å². The van der Waals surface area contributed by atoms with Crippen molar-refractivity contribution in [3.8, 4) is 0 Å². The summed E-state index contributed by atoms with van der Waals surface area (Å²) in [5, 5.41) is 0. The van der Waals surface area contributed by atoms with Crippen molar-refractivity contribution in [1.29, 1.82) is 0 Å². The van der Waals surface area contributed by atoms with Crippen LogP contribution in [0.2, 0.25) is 0 Å². The van der Waals surface area contributed by atoms with Crippen LogP contribution in [0.4, 0.5) is 0 Å². The van der Waals surface area contributed by atoms with E-state index in [1.54, 1.807) is 0 Å². The number of rotatable bonds is 3. The molecule has 0 radical (unpaired) electrons. The largest absolute Gasteiger partial charge is 0.369 e. The summed E-state index contributed by atoms with van der Waals surface area (Å²) in [4.78, 5) is 25.3. The summed E-state index contributed by atoms with van der Waals surface area (Å²) in [6.07, 6.45) is 2.22. The van der Waals surface area contributed by atoms with Crippen LogP contribution in [-0.4, -0.2) is 35.2 Å². The molecule has 2 fully saturated rings. The molecule has 1 unspecified atom stereocenters. The monoisotopic (exact) mass is 224 g/mol. The van der Waals surface area contributed by atoms with E-state index >= 15 is 0 Å². The lowest BCUT2D eigenvalue weighted by Crippen LogP contribution is -2.58. The zero-order chi connectivity index (χ0) is 11.9. The van der Waals surface area contributed by atoms with Crippen molar-refractivity contribution >= 4 is 11.7 Å². The first-order chi connectivity index (χ1) is 7.45. The van der Waals surface area contributed by atoms with Crippen LogP contribution in [0.15, 0.2) is 0 Å². The van der Waals surface area contributed by atoms with Gasteiger partial charge in [0.15, 0.2) is 5.78 Å². The number of hydrogen-bond acceptors (Lipinski definition) is 3. The second kappa shape index (κ2) is 3.84. The fourth-order valence-corrected chi connectivity index (χ4v) is 2.99. The Bertz CT molecular complexity index is 327. The molecule has 0 bridgehead atoms. The first-order valence-corrected chi connectivity index (χ1v) is 6.03.